The highest BCUT2D eigenvalue weighted by molar-refractivity contribution is 9.11. The molecular formula is C24H16Br4O8S3. The maximum absolute atomic E-state index is 11.2. The van der Waals surface area contributed by atoms with E-state index in [4.69, 9.17) is 17.5 Å². The van der Waals surface area contributed by atoms with Crippen molar-refractivity contribution in [1.82, 2.24) is 0 Å². The molecule has 0 heterocycles. The quantitative estimate of drug-likeness (QED) is 0.200. The van der Waals surface area contributed by atoms with Crippen LogP contribution in [0, 0.1) is 0 Å². The molecule has 0 aliphatic rings. The zero-order valence-electron chi connectivity index (χ0n) is 19.2. The zero-order chi connectivity index (χ0) is 29.4. The van der Waals surface area contributed by atoms with Crippen LogP contribution in [-0.4, -0.2) is 34.4 Å². The Hall–Kier alpha value is -1.56. The molecule has 4 aromatic rings. The van der Waals surface area contributed by atoms with Crippen LogP contribution in [0.1, 0.15) is 0 Å². The predicted molar refractivity (Wildman–Crippen MR) is 163 cm³/mol. The first kappa shape index (κ1) is 33.6. The van der Waals surface area contributed by atoms with E-state index in [-0.39, 0.29) is 9.79 Å². The van der Waals surface area contributed by atoms with Gasteiger partial charge in [0.05, 0.1) is 0 Å². The molecule has 0 radical (unpaired) electrons. The molecule has 0 bridgehead atoms. The third-order valence-corrected chi connectivity index (χ3v) is 9.53. The van der Waals surface area contributed by atoms with E-state index in [9.17, 15) is 16.8 Å². The van der Waals surface area contributed by atoms with Gasteiger partial charge in [-0.3, -0.25) is 9.11 Å². The van der Waals surface area contributed by atoms with Crippen molar-refractivity contribution in [1.29, 1.82) is 0 Å². The van der Waals surface area contributed by atoms with Crippen LogP contribution in [0.5, 0.6) is 0 Å². The Morgan fingerprint density at radius 2 is 0.744 bits per heavy atom. The normalized spacial score (nSPS) is 10.9. The number of benzene rings is 4. The van der Waals surface area contributed by atoms with Gasteiger partial charge < -0.3 is 0 Å². The highest BCUT2D eigenvalue weighted by Crippen LogP contribution is 2.30. The third-order valence-electron chi connectivity index (χ3n) is 4.77. The predicted octanol–water partition coefficient (Wildman–Crippen LogP) is 7.58. The standard InChI is InChI=1S/2C12H8Br2O3S.O2S/c2*13-10-4-1-8(2-5-10)9-3-6-11(14)12(7-9)18(15,16)17;1-3-2/h2*1-7H,(H,15,16,17);. The van der Waals surface area contributed by atoms with Crippen LogP contribution in [0.25, 0.3) is 22.3 Å². The minimum atomic E-state index is -4.23. The molecule has 0 saturated heterocycles. The van der Waals surface area contributed by atoms with Crippen LogP contribution >= 0.6 is 63.7 Å². The summed E-state index contributed by atoms with van der Waals surface area (Å²) in [6.45, 7) is 0. The van der Waals surface area contributed by atoms with E-state index >= 15 is 0 Å². The lowest BCUT2D eigenvalue weighted by atomic mass is 10.1. The second-order valence-corrected chi connectivity index (χ2v) is 13.8. The molecule has 0 aliphatic carbocycles. The van der Waals surface area contributed by atoms with E-state index < -0.39 is 31.8 Å². The minimum absolute atomic E-state index is 0.136. The summed E-state index contributed by atoms with van der Waals surface area (Å²) in [6.07, 6.45) is 0. The number of hydrogen-bond donors (Lipinski definition) is 2. The summed E-state index contributed by atoms with van der Waals surface area (Å²) in [7, 11) is -8.46. The van der Waals surface area contributed by atoms with Crippen LogP contribution in [0.2, 0.25) is 0 Å². The molecule has 8 nitrogen and oxygen atoms in total. The molecule has 4 rings (SSSR count). The van der Waals surface area contributed by atoms with Gasteiger partial charge in [-0.05, 0) is 103 Å². The number of rotatable bonds is 4. The summed E-state index contributed by atoms with van der Waals surface area (Å²) in [5.74, 6) is 0. The molecule has 15 heteroatoms. The van der Waals surface area contributed by atoms with Crippen molar-refractivity contribution < 1.29 is 34.4 Å². The van der Waals surface area contributed by atoms with Crippen LogP contribution in [0.3, 0.4) is 0 Å². The summed E-state index contributed by atoms with van der Waals surface area (Å²) in [6, 6.07) is 24.5. The van der Waals surface area contributed by atoms with Crippen LogP contribution in [0.15, 0.2) is 113 Å². The highest BCUT2D eigenvalue weighted by atomic mass is 79.9. The molecular weight excluding hydrogens is 832 g/mol. The van der Waals surface area contributed by atoms with Gasteiger partial charge in [-0.15, -0.1) is 0 Å². The van der Waals surface area contributed by atoms with Crippen LogP contribution in [-0.2, 0) is 31.8 Å². The monoisotopic (exact) mass is 844 g/mol. The summed E-state index contributed by atoms with van der Waals surface area (Å²) in [5.41, 5.74) is 3.18. The zero-order valence-corrected chi connectivity index (χ0v) is 28.0. The van der Waals surface area contributed by atoms with E-state index in [2.05, 4.69) is 63.7 Å². The van der Waals surface area contributed by atoms with Gasteiger partial charge in [0, 0.05) is 17.9 Å². The van der Waals surface area contributed by atoms with E-state index in [0.717, 1.165) is 31.2 Å². The number of hydrogen-bond acceptors (Lipinski definition) is 6. The molecule has 0 amide bonds. The smallest absolute Gasteiger partial charge is 0.282 e. The first-order valence-corrected chi connectivity index (χ1v) is 16.9. The van der Waals surface area contributed by atoms with Crippen molar-refractivity contribution in [3.8, 4) is 22.3 Å². The van der Waals surface area contributed by atoms with Gasteiger partial charge in [0.2, 0.25) is 0 Å². The van der Waals surface area contributed by atoms with E-state index in [0.29, 0.717) is 8.95 Å². The van der Waals surface area contributed by atoms with Crippen molar-refractivity contribution in [2.24, 2.45) is 0 Å². The molecule has 0 unspecified atom stereocenters. The lowest BCUT2D eigenvalue weighted by molar-refractivity contribution is 0.480. The van der Waals surface area contributed by atoms with Gasteiger partial charge in [-0.25, -0.2) is 0 Å². The Morgan fingerprint density at radius 1 is 0.487 bits per heavy atom. The van der Waals surface area contributed by atoms with Gasteiger partial charge in [0.15, 0.2) is 0 Å². The van der Waals surface area contributed by atoms with Crippen molar-refractivity contribution in [3.05, 3.63) is 103 Å². The average Bonchev–Trinajstić information content (AvgIpc) is 2.85. The van der Waals surface area contributed by atoms with Crippen molar-refractivity contribution in [2.45, 2.75) is 9.79 Å². The summed E-state index contributed by atoms with van der Waals surface area (Å²) >= 11 is 12.1. The second kappa shape index (κ2) is 14.9. The Labute approximate surface area is 262 Å². The second-order valence-electron chi connectivity index (χ2n) is 7.32. The van der Waals surface area contributed by atoms with Crippen LogP contribution < -0.4 is 0 Å². The molecule has 0 atom stereocenters. The Kier molecular flexibility index (Phi) is 12.8. The van der Waals surface area contributed by atoms with Gasteiger partial charge >= 0.3 is 11.6 Å². The molecule has 0 spiro atoms. The Balaban J connectivity index is 0.000000249. The van der Waals surface area contributed by atoms with Crippen molar-refractivity contribution in [2.75, 3.05) is 0 Å². The fourth-order valence-electron chi connectivity index (χ4n) is 3.05. The molecule has 0 aliphatic heterocycles. The van der Waals surface area contributed by atoms with E-state index in [1.54, 1.807) is 24.3 Å². The van der Waals surface area contributed by atoms with E-state index in [1.807, 2.05) is 48.5 Å². The molecule has 0 aromatic heterocycles. The van der Waals surface area contributed by atoms with E-state index in [1.165, 1.54) is 12.1 Å². The van der Waals surface area contributed by atoms with Crippen molar-refractivity contribution >= 4 is 95.5 Å². The molecule has 4 aromatic carbocycles. The fraction of sp³-hybridized carbons (Fsp3) is 0. The maximum Gasteiger partial charge on any atom is 0.335 e. The third kappa shape index (κ3) is 10.4. The van der Waals surface area contributed by atoms with Gasteiger partial charge in [-0.1, -0.05) is 68.3 Å². The minimum Gasteiger partial charge on any atom is -0.282 e. The Bertz CT molecular complexity index is 1580. The first-order valence-electron chi connectivity index (χ1n) is 10.1. The number of halogens is 4. The topological polar surface area (TPSA) is 143 Å². The largest absolute Gasteiger partial charge is 0.335 e. The molecule has 2 N–H and O–H groups in total. The fourth-order valence-corrected chi connectivity index (χ4v) is 6.48. The molecule has 39 heavy (non-hydrogen) atoms. The van der Waals surface area contributed by atoms with Gasteiger partial charge in [0.25, 0.3) is 20.2 Å². The summed E-state index contributed by atoms with van der Waals surface area (Å²) in [4.78, 5) is -0.272. The van der Waals surface area contributed by atoms with Crippen LogP contribution in [0.4, 0.5) is 0 Å². The molecule has 0 saturated carbocycles. The summed E-state index contributed by atoms with van der Waals surface area (Å²) < 4.78 is 82.2. The van der Waals surface area contributed by atoms with Gasteiger partial charge in [0.1, 0.15) is 9.79 Å². The Morgan fingerprint density at radius 3 is 1.00 bits per heavy atom. The first-order chi connectivity index (χ1) is 18.2. The molecule has 206 valence electrons. The van der Waals surface area contributed by atoms with Gasteiger partial charge in [-0.2, -0.15) is 25.3 Å². The average molecular weight is 848 g/mol. The summed E-state index contributed by atoms with van der Waals surface area (Å²) in [5, 5.41) is 0. The highest BCUT2D eigenvalue weighted by Gasteiger charge is 2.16. The SMILES string of the molecule is O=S(=O)(O)c1cc(-c2ccc(Br)cc2)ccc1Br.O=S(=O)(O)c1cc(-c2ccc(Br)cc2)ccc1Br.O=S=O. The molecule has 0 fully saturated rings. The lowest BCUT2D eigenvalue weighted by Crippen LogP contribution is -1.99. The lowest BCUT2D eigenvalue weighted by Gasteiger charge is -2.06. The van der Waals surface area contributed by atoms with Crippen molar-refractivity contribution in [3.63, 3.8) is 0 Å². The maximum atomic E-state index is 11.2.